The Hall–Kier alpha value is -4.67. The van der Waals surface area contributed by atoms with E-state index in [-0.39, 0.29) is 25.9 Å². The number of ketones is 1. The molecule has 0 aliphatic rings. The minimum absolute atomic E-state index is 0.0167. The number of nitrogens with one attached hydrogen (secondary N) is 3. The summed E-state index contributed by atoms with van der Waals surface area (Å²) in [7, 11) is 1.43. The smallest absolute Gasteiger partial charge is 0.317 e. The zero-order valence-electron chi connectivity index (χ0n) is 25.1. The fourth-order valence-electron chi connectivity index (χ4n) is 4.64. The molecular formula is C33H39F2N5O4. The van der Waals surface area contributed by atoms with Crippen molar-refractivity contribution >= 4 is 23.6 Å². The number of carbonyl (C=O) groups excluding carboxylic acids is 4. The highest BCUT2D eigenvalue weighted by atomic mass is 19.3. The maximum Gasteiger partial charge on any atom is 0.317 e. The summed E-state index contributed by atoms with van der Waals surface area (Å²) in [6.45, 7) is 3.07. The van der Waals surface area contributed by atoms with E-state index >= 15 is 8.78 Å². The van der Waals surface area contributed by atoms with Gasteiger partial charge in [-0.1, -0.05) is 80.6 Å². The van der Waals surface area contributed by atoms with Crippen LogP contribution in [0.5, 0.6) is 0 Å². The van der Waals surface area contributed by atoms with Crippen molar-refractivity contribution in [2.45, 2.75) is 57.7 Å². The number of halogens is 2. The van der Waals surface area contributed by atoms with Gasteiger partial charge in [-0.25, -0.2) is 4.79 Å². The number of hydrogen-bond donors (Lipinski definition) is 3. The van der Waals surface area contributed by atoms with Crippen LogP contribution in [0.4, 0.5) is 13.6 Å². The lowest BCUT2D eigenvalue weighted by Gasteiger charge is -2.28. The van der Waals surface area contributed by atoms with Gasteiger partial charge >= 0.3 is 12.0 Å². The third-order valence-electron chi connectivity index (χ3n) is 7.04. The molecule has 0 saturated heterocycles. The molecule has 44 heavy (non-hydrogen) atoms. The molecule has 2 atom stereocenters. The third-order valence-corrected chi connectivity index (χ3v) is 7.04. The van der Waals surface area contributed by atoms with Crippen LogP contribution >= 0.6 is 0 Å². The van der Waals surface area contributed by atoms with Gasteiger partial charge in [0, 0.05) is 32.4 Å². The van der Waals surface area contributed by atoms with Crippen LogP contribution in [0.1, 0.15) is 37.0 Å². The van der Waals surface area contributed by atoms with Crippen molar-refractivity contribution in [2.24, 2.45) is 5.92 Å². The van der Waals surface area contributed by atoms with E-state index in [4.69, 9.17) is 0 Å². The molecule has 0 saturated carbocycles. The van der Waals surface area contributed by atoms with Crippen LogP contribution in [0.2, 0.25) is 0 Å². The molecule has 3 rings (SSSR count). The van der Waals surface area contributed by atoms with Gasteiger partial charge in [0.1, 0.15) is 12.6 Å². The molecule has 3 aromatic rings. The van der Waals surface area contributed by atoms with Gasteiger partial charge in [-0.2, -0.15) is 8.78 Å². The first-order chi connectivity index (χ1) is 21.0. The lowest BCUT2D eigenvalue weighted by atomic mass is 9.94. The molecular weight excluding hydrogens is 568 g/mol. The Balaban J connectivity index is 1.75. The lowest BCUT2D eigenvalue weighted by molar-refractivity contribution is -0.148. The molecule has 2 aromatic carbocycles. The standard InChI is InChI=1S/C33H39F2N5O4/c1-23(2)29(39-28(41)22-40(32(44)36-3)21-26-15-10-18-37-20-26)31(43)38-27(19-25-13-8-5-9-14-25)30(42)33(34,35)17-16-24-11-6-4-7-12-24/h4-15,18,20,23,27,29H,16-17,19,21-22H2,1-3H3,(H,36,44)(H,38,43)(H,39,41)/t27-,29-/m0/s1. The summed E-state index contributed by atoms with van der Waals surface area (Å²) >= 11 is 0. The molecule has 0 fully saturated rings. The number of pyridine rings is 1. The second-order valence-electron chi connectivity index (χ2n) is 10.9. The molecule has 9 nitrogen and oxygen atoms in total. The molecule has 0 aliphatic heterocycles. The highest BCUT2D eigenvalue weighted by Gasteiger charge is 2.43. The summed E-state index contributed by atoms with van der Waals surface area (Å²) in [5, 5.41) is 7.60. The number of rotatable bonds is 15. The minimum Gasteiger partial charge on any atom is -0.344 e. The predicted octanol–water partition coefficient (Wildman–Crippen LogP) is 3.93. The van der Waals surface area contributed by atoms with Gasteiger partial charge in [0.2, 0.25) is 17.6 Å². The fourth-order valence-corrected chi connectivity index (χ4v) is 4.64. The van der Waals surface area contributed by atoms with Crippen molar-refractivity contribution in [2.75, 3.05) is 13.6 Å². The monoisotopic (exact) mass is 607 g/mol. The zero-order chi connectivity index (χ0) is 32.1. The van der Waals surface area contributed by atoms with Crippen molar-refractivity contribution in [3.8, 4) is 0 Å². The normalized spacial score (nSPS) is 12.6. The number of benzene rings is 2. The van der Waals surface area contributed by atoms with Gasteiger partial charge in [0.15, 0.2) is 0 Å². The average molecular weight is 608 g/mol. The second kappa shape index (κ2) is 16.3. The van der Waals surface area contributed by atoms with Crippen molar-refractivity contribution < 1.29 is 28.0 Å². The summed E-state index contributed by atoms with van der Waals surface area (Å²) in [4.78, 5) is 57.5. The van der Waals surface area contributed by atoms with Crippen LogP contribution in [0.15, 0.2) is 85.2 Å². The fraction of sp³-hybridized carbons (Fsp3) is 0.364. The number of aryl methyl sites for hydroxylation is 1. The van der Waals surface area contributed by atoms with E-state index in [1.807, 2.05) is 0 Å². The van der Waals surface area contributed by atoms with Gasteiger partial charge < -0.3 is 20.9 Å². The largest absolute Gasteiger partial charge is 0.344 e. The Morgan fingerprint density at radius 1 is 0.864 bits per heavy atom. The molecule has 11 heteroatoms. The Morgan fingerprint density at radius 2 is 1.48 bits per heavy atom. The molecule has 1 aromatic heterocycles. The second-order valence-corrected chi connectivity index (χ2v) is 10.9. The molecule has 0 radical (unpaired) electrons. The van der Waals surface area contributed by atoms with Gasteiger partial charge in [-0.15, -0.1) is 0 Å². The highest BCUT2D eigenvalue weighted by molar-refractivity contribution is 5.96. The molecule has 0 bridgehead atoms. The topological polar surface area (TPSA) is 121 Å². The lowest BCUT2D eigenvalue weighted by Crippen LogP contribution is -2.57. The van der Waals surface area contributed by atoms with Crippen LogP contribution in [-0.2, 0) is 33.8 Å². The summed E-state index contributed by atoms with van der Waals surface area (Å²) in [6, 6.07) is 17.5. The average Bonchev–Trinajstić information content (AvgIpc) is 3.02. The number of aromatic nitrogens is 1. The van der Waals surface area contributed by atoms with Gasteiger partial charge in [0.05, 0.1) is 6.04 Å². The Labute approximate surface area is 256 Å². The first kappa shape index (κ1) is 33.8. The minimum atomic E-state index is -3.71. The first-order valence-corrected chi connectivity index (χ1v) is 14.5. The van der Waals surface area contributed by atoms with Crippen molar-refractivity contribution in [3.05, 3.63) is 102 Å². The van der Waals surface area contributed by atoms with E-state index in [0.717, 1.165) is 0 Å². The number of nitrogens with zero attached hydrogens (tertiary/aromatic N) is 2. The maximum atomic E-state index is 15.3. The number of amides is 4. The first-order valence-electron chi connectivity index (χ1n) is 14.5. The van der Waals surface area contributed by atoms with E-state index in [0.29, 0.717) is 16.7 Å². The van der Waals surface area contributed by atoms with E-state index < -0.39 is 54.0 Å². The Kier molecular flexibility index (Phi) is 12.5. The summed E-state index contributed by atoms with van der Waals surface area (Å²) < 4.78 is 30.6. The van der Waals surface area contributed by atoms with Crippen LogP contribution in [0.25, 0.3) is 0 Å². The van der Waals surface area contributed by atoms with E-state index in [9.17, 15) is 19.2 Å². The molecule has 234 valence electrons. The van der Waals surface area contributed by atoms with Crippen molar-refractivity contribution in [1.29, 1.82) is 0 Å². The number of carbonyl (C=O) groups is 4. The molecule has 0 spiro atoms. The summed E-state index contributed by atoms with van der Waals surface area (Å²) in [5.41, 5.74) is 1.95. The van der Waals surface area contributed by atoms with Gasteiger partial charge in [-0.05, 0) is 41.5 Å². The molecule has 0 aliphatic carbocycles. The van der Waals surface area contributed by atoms with E-state index in [2.05, 4.69) is 20.9 Å². The zero-order valence-corrected chi connectivity index (χ0v) is 25.1. The molecule has 0 unspecified atom stereocenters. The maximum absolute atomic E-state index is 15.3. The van der Waals surface area contributed by atoms with E-state index in [1.165, 1.54) is 11.9 Å². The quantitative estimate of drug-likeness (QED) is 0.242. The molecule has 4 amide bonds. The Morgan fingerprint density at radius 3 is 2.05 bits per heavy atom. The summed E-state index contributed by atoms with van der Waals surface area (Å²) in [5.74, 6) is -6.98. The molecule has 1 heterocycles. The third kappa shape index (κ3) is 10.3. The molecule has 3 N–H and O–H groups in total. The van der Waals surface area contributed by atoms with Crippen LogP contribution in [0.3, 0.4) is 0 Å². The number of alkyl halides is 2. The summed E-state index contributed by atoms with van der Waals surface area (Å²) in [6.07, 6.45) is 2.27. The number of Topliss-reactive ketones (excluding diaryl/α,β-unsaturated/α-hetero) is 1. The van der Waals surface area contributed by atoms with E-state index in [1.54, 1.807) is 99.0 Å². The number of hydrogen-bond acceptors (Lipinski definition) is 5. The van der Waals surface area contributed by atoms with Crippen LogP contribution in [0, 0.1) is 5.92 Å². The van der Waals surface area contributed by atoms with Gasteiger partial charge in [0.25, 0.3) is 0 Å². The van der Waals surface area contributed by atoms with Crippen molar-refractivity contribution in [1.82, 2.24) is 25.8 Å². The van der Waals surface area contributed by atoms with Crippen LogP contribution in [-0.4, -0.2) is 65.1 Å². The highest BCUT2D eigenvalue weighted by Crippen LogP contribution is 2.25. The SMILES string of the molecule is CNC(=O)N(CC(=O)N[C@H](C(=O)N[C@@H](Cc1ccccc1)C(=O)C(F)(F)CCc1ccccc1)C(C)C)Cc1cccnc1. The van der Waals surface area contributed by atoms with Crippen molar-refractivity contribution in [3.63, 3.8) is 0 Å². The number of urea groups is 1. The van der Waals surface area contributed by atoms with Gasteiger partial charge in [-0.3, -0.25) is 19.4 Å². The predicted molar refractivity (Wildman–Crippen MR) is 163 cm³/mol. The Bertz CT molecular complexity index is 1370. The van der Waals surface area contributed by atoms with Crippen LogP contribution < -0.4 is 16.0 Å².